The maximum absolute atomic E-state index is 6.26. The lowest BCUT2D eigenvalue weighted by Gasteiger charge is -2.13. The summed E-state index contributed by atoms with van der Waals surface area (Å²) in [5.74, 6) is 0. The highest BCUT2D eigenvalue weighted by atomic mass is 79.9. The summed E-state index contributed by atoms with van der Waals surface area (Å²) in [6.07, 6.45) is 3.83. The van der Waals surface area contributed by atoms with Crippen LogP contribution in [0.4, 0.5) is 0 Å². The van der Waals surface area contributed by atoms with Crippen LogP contribution in [0.5, 0.6) is 0 Å². The van der Waals surface area contributed by atoms with E-state index < -0.39 is 0 Å². The number of aromatic nitrogens is 2. The molecule has 0 saturated heterocycles. The molecule has 0 fully saturated rings. The second kappa shape index (κ2) is 5.02. The van der Waals surface area contributed by atoms with Crippen LogP contribution in [-0.2, 0) is 6.54 Å². The van der Waals surface area contributed by atoms with Gasteiger partial charge in [0.2, 0.25) is 0 Å². The zero-order chi connectivity index (χ0) is 12.4. The van der Waals surface area contributed by atoms with E-state index in [1.54, 1.807) is 0 Å². The molecule has 1 atom stereocenters. The van der Waals surface area contributed by atoms with Crippen LogP contribution in [-0.4, -0.2) is 9.55 Å². The zero-order valence-electron chi connectivity index (χ0n) is 10.0. The molecule has 3 nitrogen and oxygen atoms in total. The van der Waals surface area contributed by atoms with Gasteiger partial charge in [-0.25, -0.2) is 4.98 Å². The van der Waals surface area contributed by atoms with Crippen LogP contribution >= 0.6 is 15.9 Å². The van der Waals surface area contributed by atoms with Crippen molar-refractivity contribution in [3.63, 3.8) is 0 Å². The average Bonchev–Trinajstić information content (AvgIpc) is 2.80. The van der Waals surface area contributed by atoms with Crippen molar-refractivity contribution in [3.05, 3.63) is 52.0 Å². The van der Waals surface area contributed by atoms with Crippen LogP contribution in [0.25, 0.3) is 0 Å². The summed E-state index contributed by atoms with van der Waals surface area (Å²) >= 11 is 3.52. The molecule has 0 radical (unpaired) electrons. The van der Waals surface area contributed by atoms with Crippen molar-refractivity contribution in [2.24, 2.45) is 5.73 Å². The van der Waals surface area contributed by atoms with Crippen molar-refractivity contribution in [3.8, 4) is 0 Å². The number of halogens is 1. The molecule has 0 saturated carbocycles. The Morgan fingerprint density at radius 1 is 1.47 bits per heavy atom. The molecule has 0 bridgehead atoms. The van der Waals surface area contributed by atoms with E-state index in [9.17, 15) is 0 Å². The van der Waals surface area contributed by atoms with Crippen LogP contribution in [0.3, 0.4) is 0 Å². The van der Waals surface area contributed by atoms with Gasteiger partial charge in [-0.15, -0.1) is 0 Å². The van der Waals surface area contributed by atoms with Crippen LogP contribution in [0, 0.1) is 6.92 Å². The lowest BCUT2D eigenvalue weighted by molar-refractivity contribution is 0.757. The molecule has 2 rings (SSSR count). The van der Waals surface area contributed by atoms with Gasteiger partial charge < -0.3 is 10.3 Å². The van der Waals surface area contributed by atoms with Gasteiger partial charge in [-0.2, -0.15) is 0 Å². The summed E-state index contributed by atoms with van der Waals surface area (Å²) in [4.78, 5) is 4.36. The Bertz CT molecular complexity index is 519. The number of aryl methyl sites for hydroxylation is 1. The summed E-state index contributed by atoms with van der Waals surface area (Å²) in [5.41, 5.74) is 9.45. The van der Waals surface area contributed by atoms with Crippen LogP contribution in [0.2, 0.25) is 0 Å². The fourth-order valence-electron chi connectivity index (χ4n) is 1.83. The first-order chi connectivity index (χ1) is 8.13. The second-order valence-electron chi connectivity index (χ2n) is 4.06. The number of hydrogen-bond acceptors (Lipinski definition) is 2. The average molecular weight is 294 g/mol. The van der Waals surface area contributed by atoms with E-state index in [0.717, 1.165) is 22.3 Å². The SMILES string of the molecule is CCn1cnc(C(N)c2cccc(Br)c2C)c1. The molecule has 1 unspecified atom stereocenters. The molecular formula is C13H16BrN3. The zero-order valence-corrected chi connectivity index (χ0v) is 11.6. The molecule has 4 heteroatoms. The van der Waals surface area contributed by atoms with Gasteiger partial charge in [0.25, 0.3) is 0 Å². The van der Waals surface area contributed by atoms with Crippen molar-refractivity contribution in [2.45, 2.75) is 26.4 Å². The van der Waals surface area contributed by atoms with Gasteiger partial charge in [0.15, 0.2) is 0 Å². The quantitative estimate of drug-likeness (QED) is 0.945. The highest BCUT2D eigenvalue weighted by molar-refractivity contribution is 9.10. The van der Waals surface area contributed by atoms with Gasteiger partial charge in [0.05, 0.1) is 18.1 Å². The molecule has 0 aliphatic rings. The number of rotatable bonds is 3. The maximum Gasteiger partial charge on any atom is 0.0950 e. The normalized spacial score (nSPS) is 12.7. The van der Waals surface area contributed by atoms with E-state index in [-0.39, 0.29) is 6.04 Å². The Kier molecular flexibility index (Phi) is 3.64. The minimum absolute atomic E-state index is 0.166. The molecule has 2 N–H and O–H groups in total. The van der Waals surface area contributed by atoms with E-state index in [0.29, 0.717) is 0 Å². The van der Waals surface area contributed by atoms with E-state index in [1.807, 2.05) is 29.2 Å². The third kappa shape index (κ3) is 2.42. The van der Waals surface area contributed by atoms with E-state index >= 15 is 0 Å². The molecule has 1 aromatic heterocycles. The summed E-state index contributed by atoms with van der Waals surface area (Å²) in [6.45, 7) is 5.06. The van der Waals surface area contributed by atoms with Gasteiger partial charge in [0.1, 0.15) is 0 Å². The van der Waals surface area contributed by atoms with Crippen molar-refractivity contribution in [1.82, 2.24) is 9.55 Å². The number of benzene rings is 1. The van der Waals surface area contributed by atoms with Gasteiger partial charge in [-0.05, 0) is 31.0 Å². The summed E-state index contributed by atoms with van der Waals surface area (Å²) < 4.78 is 3.11. The van der Waals surface area contributed by atoms with Crippen LogP contribution in [0.15, 0.2) is 35.2 Å². The molecule has 0 amide bonds. The largest absolute Gasteiger partial charge is 0.337 e. The number of nitrogens with zero attached hydrogens (tertiary/aromatic N) is 2. The first kappa shape index (κ1) is 12.3. The van der Waals surface area contributed by atoms with Crippen molar-refractivity contribution in [1.29, 1.82) is 0 Å². The number of nitrogens with two attached hydrogens (primary N) is 1. The van der Waals surface area contributed by atoms with Crippen molar-refractivity contribution in [2.75, 3.05) is 0 Å². The molecule has 0 aliphatic carbocycles. The second-order valence-corrected chi connectivity index (χ2v) is 4.92. The van der Waals surface area contributed by atoms with E-state index in [1.165, 1.54) is 5.56 Å². The fraction of sp³-hybridized carbons (Fsp3) is 0.308. The van der Waals surface area contributed by atoms with Gasteiger partial charge >= 0.3 is 0 Å². The van der Waals surface area contributed by atoms with E-state index in [2.05, 4.69) is 40.8 Å². The Balaban J connectivity index is 2.36. The Labute approximate surface area is 110 Å². The lowest BCUT2D eigenvalue weighted by Crippen LogP contribution is -2.13. The first-order valence-corrected chi connectivity index (χ1v) is 6.45. The molecule has 1 aromatic carbocycles. The minimum atomic E-state index is -0.166. The molecule has 90 valence electrons. The Morgan fingerprint density at radius 2 is 2.24 bits per heavy atom. The van der Waals surface area contributed by atoms with E-state index in [4.69, 9.17) is 5.73 Å². The Morgan fingerprint density at radius 3 is 2.88 bits per heavy atom. The summed E-state index contributed by atoms with van der Waals surface area (Å²) in [7, 11) is 0. The fourth-order valence-corrected chi connectivity index (χ4v) is 2.21. The minimum Gasteiger partial charge on any atom is -0.337 e. The molecule has 0 aliphatic heterocycles. The number of imidazole rings is 1. The Hall–Kier alpha value is -1.13. The third-order valence-electron chi connectivity index (χ3n) is 2.98. The van der Waals surface area contributed by atoms with Crippen LogP contribution < -0.4 is 5.73 Å². The molecule has 2 aromatic rings. The first-order valence-electron chi connectivity index (χ1n) is 5.65. The topological polar surface area (TPSA) is 43.8 Å². The highest BCUT2D eigenvalue weighted by Crippen LogP contribution is 2.26. The third-order valence-corrected chi connectivity index (χ3v) is 3.84. The van der Waals surface area contributed by atoms with Crippen molar-refractivity contribution < 1.29 is 0 Å². The predicted molar refractivity (Wildman–Crippen MR) is 72.8 cm³/mol. The predicted octanol–water partition coefficient (Wildman–Crippen LogP) is 3.02. The maximum atomic E-state index is 6.26. The van der Waals surface area contributed by atoms with Gasteiger partial charge in [-0.3, -0.25) is 0 Å². The highest BCUT2D eigenvalue weighted by Gasteiger charge is 2.14. The van der Waals surface area contributed by atoms with Crippen LogP contribution in [0.1, 0.15) is 29.8 Å². The van der Waals surface area contributed by atoms with Gasteiger partial charge in [0, 0.05) is 17.2 Å². The number of hydrogen-bond donors (Lipinski definition) is 1. The summed E-state index contributed by atoms with van der Waals surface area (Å²) in [5, 5.41) is 0. The molecule has 1 heterocycles. The molecule has 17 heavy (non-hydrogen) atoms. The van der Waals surface area contributed by atoms with Crippen molar-refractivity contribution >= 4 is 15.9 Å². The lowest BCUT2D eigenvalue weighted by atomic mass is 10.0. The molecular weight excluding hydrogens is 278 g/mol. The molecule has 0 spiro atoms. The van der Waals surface area contributed by atoms with Gasteiger partial charge in [-0.1, -0.05) is 28.1 Å². The standard InChI is InChI=1S/C13H16BrN3/c1-3-17-7-12(16-8-17)13(15)10-5-4-6-11(14)9(10)2/h4-8,13H,3,15H2,1-2H3. The summed E-state index contributed by atoms with van der Waals surface area (Å²) in [6, 6.07) is 5.91. The smallest absolute Gasteiger partial charge is 0.0950 e. The monoisotopic (exact) mass is 293 g/mol.